The standard InChI is InChI=1S/C17H24N4O.ClH/c22-17(16-14-10-18-9-8-15(14)19-20-16)21(11-12-6-7-12)13-4-2-1-3-5-13;/h1-5,12,14-16,18-20H,6-11H2;1H. The van der Waals surface area contributed by atoms with E-state index in [0.29, 0.717) is 17.9 Å². The van der Waals surface area contributed by atoms with Gasteiger partial charge in [-0.2, -0.15) is 0 Å². The molecule has 1 amide bonds. The number of halogens is 1. The molecule has 3 N–H and O–H groups in total. The van der Waals surface area contributed by atoms with Gasteiger partial charge in [-0.25, -0.2) is 5.43 Å². The van der Waals surface area contributed by atoms with E-state index in [1.165, 1.54) is 12.8 Å². The predicted octanol–water partition coefficient (Wildman–Crippen LogP) is 1.31. The van der Waals surface area contributed by atoms with Gasteiger partial charge in [0.2, 0.25) is 5.91 Å². The first-order valence-corrected chi connectivity index (χ1v) is 8.41. The van der Waals surface area contributed by atoms with E-state index in [2.05, 4.69) is 16.2 Å². The third-order valence-corrected chi connectivity index (χ3v) is 5.12. The van der Waals surface area contributed by atoms with Crippen LogP contribution in [-0.4, -0.2) is 37.6 Å². The highest BCUT2D eigenvalue weighted by Crippen LogP contribution is 2.32. The van der Waals surface area contributed by atoms with Gasteiger partial charge in [-0.15, -0.1) is 12.4 Å². The summed E-state index contributed by atoms with van der Waals surface area (Å²) in [5.41, 5.74) is 7.61. The number of carbonyl (C=O) groups excluding carboxylic acids is 1. The molecule has 3 fully saturated rings. The fraction of sp³-hybridized carbons (Fsp3) is 0.588. The van der Waals surface area contributed by atoms with Crippen molar-refractivity contribution in [1.82, 2.24) is 16.2 Å². The molecule has 1 saturated carbocycles. The number of para-hydroxylation sites is 1. The molecule has 3 atom stereocenters. The van der Waals surface area contributed by atoms with Crippen LogP contribution in [0.2, 0.25) is 0 Å². The van der Waals surface area contributed by atoms with Crippen LogP contribution in [0.1, 0.15) is 19.3 Å². The molecule has 2 aliphatic heterocycles. The Balaban J connectivity index is 0.00000156. The fourth-order valence-corrected chi connectivity index (χ4v) is 3.62. The number of carbonyl (C=O) groups is 1. The van der Waals surface area contributed by atoms with E-state index in [-0.39, 0.29) is 24.4 Å². The molecule has 1 aromatic rings. The van der Waals surface area contributed by atoms with E-state index < -0.39 is 0 Å². The summed E-state index contributed by atoms with van der Waals surface area (Å²) in [5, 5.41) is 3.42. The number of amides is 1. The molecule has 1 aliphatic carbocycles. The Morgan fingerprint density at radius 3 is 2.65 bits per heavy atom. The van der Waals surface area contributed by atoms with Gasteiger partial charge in [0.15, 0.2) is 0 Å². The Hall–Kier alpha value is -1.14. The van der Waals surface area contributed by atoms with Crippen LogP contribution in [0.25, 0.3) is 0 Å². The average Bonchev–Trinajstić information content (AvgIpc) is 3.29. The van der Waals surface area contributed by atoms with Gasteiger partial charge < -0.3 is 10.2 Å². The number of benzene rings is 1. The first-order valence-electron chi connectivity index (χ1n) is 8.41. The van der Waals surface area contributed by atoms with E-state index in [9.17, 15) is 4.79 Å². The van der Waals surface area contributed by atoms with Crippen molar-refractivity contribution >= 4 is 24.0 Å². The number of anilines is 1. The second kappa shape index (κ2) is 7.18. The van der Waals surface area contributed by atoms with Crippen molar-refractivity contribution in [3.63, 3.8) is 0 Å². The number of rotatable bonds is 4. The largest absolute Gasteiger partial charge is 0.316 e. The Morgan fingerprint density at radius 1 is 1.13 bits per heavy atom. The minimum absolute atomic E-state index is 0. The third-order valence-electron chi connectivity index (χ3n) is 5.12. The van der Waals surface area contributed by atoms with Crippen molar-refractivity contribution in [1.29, 1.82) is 0 Å². The van der Waals surface area contributed by atoms with Crippen molar-refractivity contribution < 1.29 is 4.79 Å². The monoisotopic (exact) mass is 336 g/mol. The highest BCUT2D eigenvalue weighted by atomic mass is 35.5. The van der Waals surface area contributed by atoms with Gasteiger partial charge in [-0.1, -0.05) is 18.2 Å². The molecular weight excluding hydrogens is 312 g/mol. The second-order valence-corrected chi connectivity index (χ2v) is 6.76. The summed E-state index contributed by atoms with van der Waals surface area (Å²) >= 11 is 0. The van der Waals surface area contributed by atoms with Gasteiger partial charge in [-0.05, 0) is 43.9 Å². The van der Waals surface area contributed by atoms with Crippen molar-refractivity contribution in [3.8, 4) is 0 Å². The Morgan fingerprint density at radius 2 is 1.91 bits per heavy atom. The molecule has 2 saturated heterocycles. The van der Waals surface area contributed by atoms with E-state index in [1.807, 2.05) is 35.2 Å². The summed E-state index contributed by atoms with van der Waals surface area (Å²) in [5.74, 6) is 1.23. The van der Waals surface area contributed by atoms with Gasteiger partial charge >= 0.3 is 0 Å². The first-order chi connectivity index (χ1) is 10.8. The van der Waals surface area contributed by atoms with Crippen LogP contribution in [0.5, 0.6) is 0 Å². The summed E-state index contributed by atoms with van der Waals surface area (Å²) in [7, 11) is 0. The van der Waals surface area contributed by atoms with Crippen LogP contribution in [-0.2, 0) is 4.79 Å². The van der Waals surface area contributed by atoms with Gasteiger partial charge in [0, 0.05) is 30.7 Å². The summed E-state index contributed by atoms with van der Waals surface area (Å²) in [6, 6.07) is 10.4. The van der Waals surface area contributed by atoms with E-state index in [1.54, 1.807) is 0 Å². The van der Waals surface area contributed by atoms with E-state index in [4.69, 9.17) is 0 Å². The van der Waals surface area contributed by atoms with Gasteiger partial charge in [-0.3, -0.25) is 10.2 Å². The van der Waals surface area contributed by atoms with Crippen molar-refractivity contribution in [2.45, 2.75) is 31.3 Å². The van der Waals surface area contributed by atoms with Gasteiger partial charge in [0.05, 0.1) is 0 Å². The maximum atomic E-state index is 13.2. The number of piperidine rings is 1. The van der Waals surface area contributed by atoms with Crippen LogP contribution in [0.15, 0.2) is 30.3 Å². The van der Waals surface area contributed by atoms with Crippen molar-refractivity contribution in [3.05, 3.63) is 30.3 Å². The molecule has 1 aromatic carbocycles. The van der Waals surface area contributed by atoms with Gasteiger partial charge in [0.1, 0.15) is 6.04 Å². The minimum Gasteiger partial charge on any atom is -0.316 e. The summed E-state index contributed by atoms with van der Waals surface area (Å²) in [6.45, 7) is 2.79. The molecule has 4 rings (SSSR count). The van der Waals surface area contributed by atoms with Gasteiger partial charge in [0.25, 0.3) is 0 Å². The molecule has 0 radical (unpaired) electrons. The van der Waals surface area contributed by atoms with E-state index in [0.717, 1.165) is 31.7 Å². The molecule has 0 aromatic heterocycles. The smallest absolute Gasteiger partial charge is 0.245 e. The highest BCUT2D eigenvalue weighted by molar-refractivity contribution is 5.97. The lowest BCUT2D eigenvalue weighted by molar-refractivity contribution is -0.121. The highest BCUT2D eigenvalue weighted by Gasteiger charge is 2.43. The van der Waals surface area contributed by atoms with E-state index >= 15 is 0 Å². The quantitative estimate of drug-likeness (QED) is 0.776. The Bertz CT molecular complexity index is 537. The zero-order chi connectivity index (χ0) is 14.9. The Labute approximate surface area is 143 Å². The van der Waals surface area contributed by atoms with Crippen LogP contribution >= 0.6 is 12.4 Å². The maximum absolute atomic E-state index is 13.2. The number of hydrogen-bond acceptors (Lipinski definition) is 4. The molecular formula is C17H25ClN4O. The topological polar surface area (TPSA) is 56.4 Å². The number of nitrogens with one attached hydrogen (secondary N) is 3. The molecule has 23 heavy (non-hydrogen) atoms. The average molecular weight is 337 g/mol. The van der Waals surface area contributed by atoms with Crippen LogP contribution in [0, 0.1) is 11.8 Å². The third kappa shape index (κ3) is 3.53. The number of hydrazine groups is 1. The molecule has 6 heteroatoms. The van der Waals surface area contributed by atoms with Crippen LogP contribution in [0.3, 0.4) is 0 Å². The maximum Gasteiger partial charge on any atom is 0.245 e. The minimum atomic E-state index is -0.128. The number of fused-ring (bicyclic) bond motifs is 1. The fourth-order valence-electron chi connectivity index (χ4n) is 3.62. The zero-order valence-corrected chi connectivity index (χ0v) is 14.0. The molecule has 0 spiro atoms. The lowest BCUT2D eigenvalue weighted by Gasteiger charge is -2.31. The molecule has 3 aliphatic rings. The van der Waals surface area contributed by atoms with Crippen molar-refractivity contribution in [2.75, 3.05) is 24.5 Å². The molecule has 126 valence electrons. The molecule has 3 unspecified atom stereocenters. The molecule has 0 bridgehead atoms. The van der Waals surface area contributed by atoms with Crippen molar-refractivity contribution in [2.24, 2.45) is 11.8 Å². The summed E-state index contributed by atoms with van der Waals surface area (Å²) in [6.07, 6.45) is 3.58. The second-order valence-electron chi connectivity index (χ2n) is 6.76. The Kier molecular flexibility index (Phi) is 5.21. The predicted molar refractivity (Wildman–Crippen MR) is 93.6 cm³/mol. The SMILES string of the molecule is Cl.O=C(C1NNC2CCNCC21)N(CC1CC1)c1ccccc1. The lowest BCUT2D eigenvalue weighted by atomic mass is 9.88. The van der Waals surface area contributed by atoms with Crippen LogP contribution < -0.4 is 21.1 Å². The lowest BCUT2D eigenvalue weighted by Crippen LogP contribution is -2.51. The summed E-state index contributed by atoms with van der Waals surface area (Å²) < 4.78 is 0. The zero-order valence-electron chi connectivity index (χ0n) is 13.2. The molecule has 5 nitrogen and oxygen atoms in total. The molecule has 2 heterocycles. The first kappa shape index (κ1) is 16.7. The number of hydrogen-bond donors (Lipinski definition) is 3. The number of nitrogens with zero attached hydrogens (tertiary/aromatic N) is 1. The summed E-state index contributed by atoms with van der Waals surface area (Å²) in [4.78, 5) is 15.2. The normalized spacial score (nSPS) is 29.5. The van der Waals surface area contributed by atoms with Crippen LogP contribution in [0.4, 0.5) is 5.69 Å².